The normalized spacial score (nSPS) is 11.6. The third-order valence-corrected chi connectivity index (χ3v) is 4.18. The molecule has 2 amide bonds. The van der Waals surface area contributed by atoms with Crippen LogP contribution >= 0.6 is 0 Å². The minimum absolute atomic E-state index is 0.0933. The molecule has 0 aliphatic carbocycles. The molecule has 0 aliphatic heterocycles. The van der Waals surface area contributed by atoms with Crippen molar-refractivity contribution in [2.75, 3.05) is 33.1 Å². The maximum Gasteiger partial charge on any atom is 0.335 e. The number of benzene rings is 2. The van der Waals surface area contributed by atoms with Crippen molar-refractivity contribution in [2.24, 2.45) is 0 Å². The van der Waals surface area contributed by atoms with Crippen molar-refractivity contribution >= 4 is 23.5 Å². The highest BCUT2D eigenvalue weighted by Gasteiger charge is 2.19. The molecule has 0 radical (unpaired) electrons. The van der Waals surface area contributed by atoms with Crippen LogP contribution in [-0.4, -0.2) is 55.5 Å². The number of nitrogens with one attached hydrogen (secondary N) is 2. The van der Waals surface area contributed by atoms with Crippen LogP contribution in [0.2, 0.25) is 0 Å². The van der Waals surface area contributed by atoms with Crippen molar-refractivity contribution in [3.05, 3.63) is 59.7 Å². The first-order valence-corrected chi connectivity index (χ1v) is 8.54. The summed E-state index contributed by atoms with van der Waals surface area (Å²) in [6.45, 7) is 0.240. The zero-order valence-corrected chi connectivity index (χ0v) is 15.9. The highest BCUT2D eigenvalue weighted by Crippen LogP contribution is 2.20. The van der Waals surface area contributed by atoms with Gasteiger partial charge in [-0.3, -0.25) is 9.59 Å². The second kappa shape index (κ2) is 9.52. The van der Waals surface area contributed by atoms with E-state index in [0.29, 0.717) is 5.69 Å². The number of aromatic carboxylic acids is 1. The molecule has 1 unspecified atom stereocenters. The Bertz CT molecular complexity index is 832. The lowest BCUT2D eigenvalue weighted by molar-refractivity contribution is -0.136. The Balaban J connectivity index is 1.95. The molecule has 0 bridgehead atoms. The van der Waals surface area contributed by atoms with E-state index in [1.165, 1.54) is 24.3 Å². The Hall–Kier alpha value is -3.39. The summed E-state index contributed by atoms with van der Waals surface area (Å²) in [6.07, 6.45) is 0. The Morgan fingerprint density at radius 3 is 2.11 bits per heavy atom. The number of ether oxygens (including phenoxy) is 1. The zero-order chi connectivity index (χ0) is 20.7. The first kappa shape index (κ1) is 20.9. The minimum atomic E-state index is -1.07. The highest BCUT2D eigenvalue weighted by molar-refractivity contribution is 6.39. The average Bonchev–Trinajstić information content (AvgIpc) is 2.68. The van der Waals surface area contributed by atoms with Gasteiger partial charge in [0.1, 0.15) is 5.75 Å². The Morgan fingerprint density at radius 2 is 1.61 bits per heavy atom. The second-order valence-corrected chi connectivity index (χ2v) is 6.30. The van der Waals surface area contributed by atoms with E-state index in [1.54, 1.807) is 7.11 Å². The molecule has 28 heavy (non-hydrogen) atoms. The lowest BCUT2D eigenvalue weighted by atomic mass is 10.1. The summed E-state index contributed by atoms with van der Waals surface area (Å²) in [5.74, 6) is -1.93. The SMILES string of the molecule is COc1ccc(C(CNC(=O)C(=O)Nc2ccc(C(=O)O)cc2)N(C)C)cc1. The van der Waals surface area contributed by atoms with Crippen molar-refractivity contribution in [3.63, 3.8) is 0 Å². The molecule has 0 spiro atoms. The van der Waals surface area contributed by atoms with Gasteiger partial charge in [0, 0.05) is 12.2 Å². The van der Waals surface area contributed by atoms with Gasteiger partial charge in [0.2, 0.25) is 0 Å². The third-order valence-electron chi connectivity index (χ3n) is 4.18. The van der Waals surface area contributed by atoms with E-state index in [4.69, 9.17) is 9.84 Å². The summed E-state index contributed by atoms with van der Waals surface area (Å²) < 4.78 is 5.15. The van der Waals surface area contributed by atoms with Crippen molar-refractivity contribution in [2.45, 2.75) is 6.04 Å². The second-order valence-electron chi connectivity index (χ2n) is 6.30. The number of carboxylic acids is 1. The number of hydrogen-bond acceptors (Lipinski definition) is 5. The number of carbonyl (C=O) groups is 3. The van der Waals surface area contributed by atoms with Gasteiger partial charge in [-0.2, -0.15) is 0 Å². The summed E-state index contributed by atoms with van der Waals surface area (Å²) in [5.41, 5.74) is 1.40. The maximum absolute atomic E-state index is 12.1. The Morgan fingerprint density at radius 1 is 1.00 bits per heavy atom. The quantitative estimate of drug-likeness (QED) is 0.627. The van der Waals surface area contributed by atoms with E-state index in [-0.39, 0.29) is 18.2 Å². The summed E-state index contributed by atoms with van der Waals surface area (Å²) >= 11 is 0. The van der Waals surface area contributed by atoms with E-state index in [2.05, 4.69) is 10.6 Å². The number of nitrogens with zero attached hydrogens (tertiary/aromatic N) is 1. The van der Waals surface area contributed by atoms with Gasteiger partial charge in [-0.25, -0.2) is 4.79 Å². The molecule has 2 aromatic carbocycles. The molecule has 0 aliphatic rings. The third kappa shape index (κ3) is 5.55. The standard InChI is InChI=1S/C20H23N3O5/c1-23(2)17(13-6-10-16(28-3)11-7-13)12-21-18(24)19(25)22-15-8-4-14(5-9-15)20(26)27/h4-11,17H,12H2,1-3H3,(H,21,24)(H,22,25)(H,26,27). The van der Waals surface area contributed by atoms with Crippen LogP contribution in [0, 0.1) is 0 Å². The number of hydrogen-bond donors (Lipinski definition) is 3. The first-order chi connectivity index (χ1) is 13.3. The lowest BCUT2D eigenvalue weighted by Crippen LogP contribution is -2.40. The van der Waals surface area contributed by atoms with Gasteiger partial charge in [-0.05, 0) is 56.1 Å². The number of anilines is 1. The smallest absolute Gasteiger partial charge is 0.335 e. The van der Waals surface area contributed by atoms with Crippen LogP contribution in [0.4, 0.5) is 5.69 Å². The van der Waals surface area contributed by atoms with Gasteiger partial charge in [-0.15, -0.1) is 0 Å². The van der Waals surface area contributed by atoms with E-state index >= 15 is 0 Å². The monoisotopic (exact) mass is 385 g/mol. The van der Waals surface area contributed by atoms with Crippen molar-refractivity contribution in [1.82, 2.24) is 10.2 Å². The number of rotatable bonds is 7. The number of amides is 2. The summed E-state index contributed by atoms with van der Waals surface area (Å²) in [6, 6.07) is 12.9. The summed E-state index contributed by atoms with van der Waals surface area (Å²) in [5, 5.41) is 13.9. The van der Waals surface area contributed by atoms with Crippen molar-refractivity contribution < 1.29 is 24.2 Å². The molecule has 8 heteroatoms. The molecule has 0 saturated heterocycles. The highest BCUT2D eigenvalue weighted by atomic mass is 16.5. The number of carboxylic acid groups (broad SMARTS) is 1. The number of methoxy groups -OCH3 is 1. The molecule has 1 atom stereocenters. The van der Waals surface area contributed by atoms with Gasteiger partial charge in [0.15, 0.2) is 0 Å². The Labute approximate surface area is 163 Å². The van der Waals surface area contributed by atoms with E-state index < -0.39 is 17.8 Å². The van der Waals surface area contributed by atoms with E-state index in [1.807, 2.05) is 43.3 Å². The molecule has 2 rings (SSSR count). The maximum atomic E-state index is 12.1. The molecule has 0 aromatic heterocycles. The minimum Gasteiger partial charge on any atom is -0.497 e. The van der Waals surface area contributed by atoms with Crippen LogP contribution in [0.15, 0.2) is 48.5 Å². The molecule has 8 nitrogen and oxygen atoms in total. The largest absolute Gasteiger partial charge is 0.497 e. The fourth-order valence-corrected chi connectivity index (χ4v) is 2.58. The first-order valence-electron chi connectivity index (χ1n) is 8.54. The summed E-state index contributed by atoms with van der Waals surface area (Å²) in [4.78, 5) is 37.0. The van der Waals surface area contributed by atoms with Crippen LogP contribution < -0.4 is 15.4 Å². The molecule has 3 N–H and O–H groups in total. The lowest BCUT2D eigenvalue weighted by Gasteiger charge is -2.25. The molecule has 0 fully saturated rings. The predicted molar refractivity (Wildman–Crippen MR) is 104 cm³/mol. The molecule has 0 saturated carbocycles. The fourth-order valence-electron chi connectivity index (χ4n) is 2.58. The van der Waals surface area contributed by atoms with Gasteiger partial charge in [0.05, 0.1) is 18.7 Å². The van der Waals surface area contributed by atoms with Crippen LogP contribution in [-0.2, 0) is 9.59 Å². The van der Waals surface area contributed by atoms with Crippen LogP contribution in [0.1, 0.15) is 22.0 Å². The average molecular weight is 385 g/mol. The Kier molecular flexibility index (Phi) is 7.11. The van der Waals surface area contributed by atoms with Crippen molar-refractivity contribution in [3.8, 4) is 5.75 Å². The number of carbonyl (C=O) groups excluding carboxylic acids is 2. The fraction of sp³-hybridized carbons (Fsp3) is 0.250. The van der Waals surface area contributed by atoms with Crippen LogP contribution in [0.25, 0.3) is 0 Å². The van der Waals surface area contributed by atoms with Gasteiger partial charge in [0.25, 0.3) is 0 Å². The van der Waals surface area contributed by atoms with Crippen LogP contribution in [0.5, 0.6) is 5.75 Å². The van der Waals surface area contributed by atoms with Gasteiger partial charge >= 0.3 is 17.8 Å². The predicted octanol–water partition coefficient (Wildman–Crippen LogP) is 1.75. The topological polar surface area (TPSA) is 108 Å². The molecule has 2 aromatic rings. The molecular formula is C20H23N3O5. The summed E-state index contributed by atoms with van der Waals surface area (Å²) in [7, 11) is 5.35. The molecular weight excluding hydrogens is 362 g/mol. The van der Waals surface area contributed by atoms with Crippen LogP contribution in [0.3, 0.4) is 0 Å². The van der Waals surface area contributed by atoms with E-state index in [0.717, 1.165) is 11.3 Å². The number of likely N-dealkylation sites (N-methyl/N-ethyl adjacent to an activating group) is 1. The van der Waals surface area contributed by atoms with Gasteiger partial charge in [-0.1, -0.05) is 12.1 Å². The molecule has 148 valence electrons. The zero-order valence-electron chi connectivity index (χ0n) is 15.9. The van der Waals surface area contributed by atoms with E-state index in [9.17, 15) is 14.4 Å². The van der Waals surface area contributed by atoms with Crippen molar-refractivity contribution in [1.29, 1.82) is 0 Å². The van der Waals surface area contributed by atoms with Gasteiger partial charge < -0.3 is 25.4 Å². The molecule has 0 heterocycles.